The number of hydrogen-bond donors (Lipinski definition) is 2. The van der Waals surface area contributed by atoms with Crippen molar-refractivity contribution in [1.29, 1.82) is 0 Å². The number of H-pyrrole nitrogens is 1. The van der Waals surface area contributed by atoms with Crippen molar-refractivity contribution in [2.45, 2.75) is 37.5 Å². The van der Waals surface area contributed by atoms with Crippen LogP contribution >= 0.6 is 11.8 Å². The molecular formula is C14H20N4O3S. The molecule has 0 aromatic carbocycles. The highest BCUT2D eigenvalue weighted by molar-refractivity contribution is 8.00. The summed E-state index contributed by atoms with van der Waals surface area (Å²) in [6, 6.07) is 0. The van der Waals surface area contributed by atoms with E-state index in [9.17, 15) is 9.59 Å². The second-order valence-corrected chi connectivity index (χ2v) is 6.90. The molecule has 1 aliphatic heterocycles. The first-order chi connectivity index (χ1) is 10.6. The third-order valence-electron chi connectivity index (χ3n) is 4.07. The van der Waals surface area contributed by atoms with Gasteiger partial charge in [0.1, 0.15) is 5.82 Å². The number of carbonyl (C=O) groups excluding carboxylic acids is 1. The Morgan fingerprint density at radius 2 is 2.09 bits per heavy atom. The Hall–Kier alpha value is -1.57. The van der Waals surface area contributed by atoms with Crippen LogP contribution in [-0.4, -0.2) is 61.7 Å². The fourth-order valence-corrected chi connectivity index (χ4v) is 3.38. The highest BCUT2D eigenvalue weighted by Crippen LogP contribution is 2.38. The van der Waals surface area contributed by atoms with Crippen LogP contribution in [-0.2, 0) is 9.59 Å². The van der Waals surface area contributed by atoms with E-state index in [1.165, 1.54) is 12.8 Å². The van der Waals surface area contributed by atoms with Gasteiger partial charge in [0, 0.05) is 24.9 Å². The molecule has 2 heterocycles. The van der Waals surface area contributed by atoms with Crippen LogP contribution in [0.2, 0.25) is 0 Å². The molecule has 2 N–H and O–H groups in total. The molecule has 1 atom stereocenters. The molecule has 8 heteroatoms. The Bertz CT molecular complexity index is 558. The fraction of sp³-hybridized carbons (Fsp3) is 0.714. The third kappa shape index (κ3) is 3.79. The molecule has 1 saturated heterocycles. The SMILES string of the molecule is O=C(O)CSCC(=O)N1CCCC(c2n[nH]c(C3CC3)n2)C1. The summed E-state index contributed by atoms with van der Waals surface area (Å²) in [6.45, 7) is 1.37. The number of aromatic amines is 1. The smallest absolute Gasteiger partial charge is 0.313 e. The van der Waals surface area contributed by atoms with E-state index in [1.54, 1.807) is 0 Å². The van der Waals surface area contributed by atoms with Gasteiger partial charge in [-0.2, -0.15) is 5.10 Å². The molecule has 22 heavy (non-hydrogen) atoms. The number of carboxylic acid groups (broad SMARTS) is 1. The largest absolute Gasteiger partial charge is 0.481 e. The number of carbonyl (C=O) groups is 2. The van der Waals surface area contributed by atoms with E-state index in [0.29, 0.717) is 12.5 Å². The van der Waals surface area contributed by atoms with Gasteiger partial charge < -0.3 is 10.0 Å². The number of nitrogens with zero attached hydrogens (tertiary/aromatic N) is 3. The van der Waals surface area contributed by atoms with E-state index < -0.39 is 5.97 Å². The van der Waals surface area contributed by atoms with Gasteiger partial charge in [-0.15, -0.1) is 11.8 Å². The van der Waals surface area contributed by atoms with Crippen LogP contribution in [0.4, 0.5) is 0 Å². The zero-order valence-electron chi connectivity index (χ0n) is 12.3. The first kappa shape index (κ1) is 15.3. The number of hydrogen-bond acceptors (Lipinski definition) is 5. The first-order valence-electron chi connectivity index (χ1n) is 7.63. The van der Waals surface area contributed by atoms with E-state index >= 15 is 0 Å². The maximum Gasteiger partial charge on any atom is 0.313 e. The van der Waals surface area contributed by atoms with Crippen molar-refractivity contribution in [3.63, 3.8) is 0 Å². The van der Waals surface area contributed by atoms with Gasteiger partial charge in [0.05, 0.1) is 11.5 Å². The molecule has 0 spiro atoms. The predicted octanol–water partition coefficient (Wildman–Crippen LogP) is 1.21. The lowest BCUT2D eigenvalue weighted by Crippen LogP contribution is -2.40. The summed E-state index contributed by atoms with van der Waals surface area (Å²) in [7, 11) is 0. The van der Waals surface area contributed by atoms with Crippen molar-refractivity contribution in [2.24, 2.45) is 0 Å². The highest BCUT2D eigenvalue weighted by Gasteiger charge is 2.31. The molecule has 0 bridgehead atoms. The van der Waals surface area contributed by atoms with E-state index in [0.717, 1.165) is 42.8 Å². The topological polar surface area (TPSA) is 99.2 Å². The van der Waals surface area contributed by atoms with Crippen LogP contribution in [0.25, 0.3) is 0 Å². The maximum atomic E-state index is 12.1. The summed E-state index contributed by atoms with van der Waals surface area (Å²) in [5, 5.41) is 16.0. The van der Waals surface area contributed by atoms with Crippen molar-refractivity contribution in [3.05, 3.63) is 11.6 Å². The van der Waals surface area contributed by atoms with E-state index in [4.69, 9.17) is 5.11 Å². The maximum absolute atomic E-state index is 12.1. The number of rotatable bonds is 6. The molecule has 0 radical (unpaired) electrons. The monoisotopic (exact) mass is 324 g/mol. The average Bonchev–Trinajstić information content (AvgIpc) is 3.24. The minimum Gasteiger partial charge on any atom is -0.481 e. The van der Waals surface area contributed by atoms with Gasteiger partial charge in [-0.3, -0.25) is 14.7 Å². The second-order valence-electron chi connectivity index (χ2n) is 5.92. The molecule has 120 valence electrons. The van der Waals surface area contributed by atoms with Gasteiger partial charge in [-0.05, 0) is 25.7 Å². The molecule has 1 aromatic heterocycles. The number of carboxylic acids is 1. The first-order valence-corrected chi connectivity index (χ1v) is 8.78. The van der Waals surface area contributed by atoms with Crippen molar-refractivity contribution in [1.82, 2.24) is 20.1 Å². The molecule has 3 rings (SSSR count). The molecule has 7 nitrogen and oxygen atoms in total. The number of aliphatic carboxylic acids is 1. The van der Waals surface area contributed by atoms with Crippen LogP contribution in [0.1, 0.15) is 49.2 Å². The van der Waals surface area contributed by atoms with Gasteiger partial charge in [-0.1, -0.05) is 0 Å². The molecule has 2 aliphatic rings. The van der Waals surface area contributed by atoms with Gasteiger partial charge in [0.2, 0.25) is 5.91 Å². The predicted molar refractivity (Wildman–Crippen MR) is 81.9 cm³/mol. The quantitative estimate of drug-likeness (QED) is 0.816. The Morgan fingerprint density at radius 1 is 1.27 bits per heavy atom. The summed E-state index contributed by atoms with van der Waals surface area (Å²) < 4.78 is 0. The number of aromatic nitrogens is 3. The summed E-state index contributed by atoms with van der Waals surface area (Å²) >= 11 is 1.15. The molecule has 1 unspecified atom stereocenters. The summed E-state index contributed by atoms with van der Waals surface area (Å²) in [6.07, 6.45) is 4.30. The minimum absolute atomic E-state index is 0.00824. The normalized spacial score (nSPS) is 21.8. The Morgan fingerprint density at radius 3 is 2.82 bits per heavy atom. The Balaban J connectivity index is 1.53. The number of nitrogens with one attached hydrogen (secondary N) is 1. The van der Waals surface area contributed by atoms with E-state index in [-0.39, 0.29) is 23.3 Å². The second kappa shape index (κ2) is 6.68. The van der Waals surface area contributed by atoms with Crippen LogP contribution in [0.3, 0.4) is 0 Å². The standard InChI is InChI=1S/C14H20N4O3S/c19-11(7-22-8-12(20)21)18-5-1-2-10(6-18)14-15-13(16-17-14)9-3-4-9/h9-10H,1-8H2,(H,20,21)(H,15,16,17). The zero-order chi connectivity index (χ0) is 15.5. The number of amides is 1. The van der Waals surface area contributed by atoms with Crippen molar-refractivity contribution in [3.8, 4) is 0 Å². The van der Waals surface area contributed by atoms with Gasteiger partial charge in [0.25, 0.3) is 0 Å². The van der Waals surface area contributed by atoms with Crippen LogP contribution in [0, 0.1) is 0 Å². The van der Waals surface area contributed by atoms with E-state index in [1.807, 2.05) is 4.90 Å². The van der Waals surface area contributed by atoms with Gasteiger partial charge in [0.15, 0.2) is 5.82 Å². The number of thioether (sulfide) groups is 1. The molecule has 1 saturated carbocycles. The number of likely N-dealkylation sites (tertiary alicyclic amines) is 1. The lowest BCUT2D eigenvalue weighted by molar-refractivity contribution is -0.133. The lowest BCUT2D eigenvalue weighted by atomic mass is 9.97. The third-order valence-corrected chi connectivity index (χ3v) is 4.98. The average molecular weight is 324 g/mol. The molecule has 1 aliphatic carbocycles. The fourth-order valence-electron chi connectivity index (χ4n) is 2.74. The van der Waals surface area contributed by atoms with E-state index in [2.05, 4.69) is 15.2 Å². The van der Waals surface area contributed by atoms with Crippen molar-refractivity contribution in [2.75, 3.05) is 24.6 Å². The zero-order valence-corrected chi connectivity index (χ0v) is 13.1. The van der Waals surface area contributed by atoms with Gasteiger partial charge >= 0.3 is 5.97 Å². The van der Waals surface area contributed by atoms with Crippen LogP contribution in [0.5, 0.6) is 0 Å². The highest BCUT2D eigenvalue weighted by atomic mass is 32.2. The Kier molecular flexibility index (Phi) is 4.66. The van der Waals surface area contributed by atoms with Gasteiger partial charge in [-0.25, -0.2) is 4.98 Å². The minimum atomic E-state index is -0.886. The Labute approximate surface area is 132 Å². The lowest BCUT2D eigenvalue weighted by Gasteiger charge is -2.31. The van der Waals surface area contributed by atoms with Crippen LogP contribution in [0.15, 0.2) is 0 Å². The van der Waals surface area contributed by atoms with Crippen molar-refractivity contribution >= 4 is 23.6 Å². The molecule has 2 fully saturated rings. The van der Waals surface area contributed by atoms with Crippen LogP contribution < -0.4 is 0 Å². The number of piperidine rings is 1. The molecule has 1 amide bonds. The summed E-state index contributed by atoms with van der Waals surface area (Å²) in [5.41, 5.74) is 0. The summed E-state index contributed by atoms with van der Waals surface area (Å²) in [4.78, 5) is 29.0. The van der Waals surface area contributed by atoms with Crippen molar-refractivity contribution < 1.29 is 14.7 Å². The molecular weight excluding hydrogens is 304 g/mol. The molecule has 1 aromatic rings. The summed E-state index contributed by atoms with van der Waals surface area (Å²) in [5.74, 6) is 1.85.